The van der Waals surface area contributed by atoms with Crippen LogP contribution in [0.1, 0.15) is 23.3 Å². The molecule has 0 radical (unpaired) electrons. The van der Waals surface area contributed by atoms with E-state index in [2.05, 4.69) is 4.98 Å². The fourth-order valence-corrected chi connectivity index (χ4v) is 3.87. The zero-order valence-corrected chi connectivity index (χ0v) is 16.8. The number of carbonyl (C=O) groups excluding carboxylic acids is 1. The molecule has 0 saturated carbocycles. The predicted octanol–water partition coefficient (Wildman–Crippen LogP) is 1.69. The van der Waals surface area contributed by atoms with E-state index in [9.17, 15) is 19.1 Å². The maximum absolute atomic E-state index is 14.6. The Bertz CT molecular complexity index is 1170. The summed E-state index contributed by atoms with van der Waals surface area (Å²) in [5.41, 5.74) is 0.393. The molecule has 1 N–H and O–H groups in total. The van der Waals surface area contributed by atoms with E-state index in [0.29, 0.717) is 24.5 Å². The smallest absolute Gasteiger partial charge is 0.294 e. The summed E-state index contributed by atoms with van der Waals surface area (Å²) >= 11 is 0. The summed E-state index contributed by atoms with van der Waals surface area (Å²) < 4.78 is 22.4. The quantitative estimate of drug-likeness (QED) is 0.702. The van der Waals surface area contributed by atoms with Crippen molar-refractivity contribution in [3.05, 3.63) is 52.5 Å². The standard InChI is InChI=1S/C21H23FN4O4/c1-24-18(15-6-5-14(30-2)8-16(15)22)11-26-10-17(23-19(26)21(24)29)20(28)25-7-3-4-13(9-25)12-27/h5-6,8,10-11,13,27H,3-4,7,9,12H2,1-2H3. The van der Waals surface area contributed by atoms with E-state index in [1.165, 1.54) is 35.4 Å². The first-order valence-electron chi connectivity index (χ1n) is 9.75. The van der Waals surface area contributed by atoms with E-state index < -0.39 is 11.4 Å². The number of aliphatic hydroxyl groups is 1. The van der Waals surface area contributed by atoms with Crippen LogP contribution in [0.2, 0.25) is 0 Å². The number of nitrogens with zero attached hydrogens (tertiary/aromatic N) is 4. The van der Waals surface area contributed by atoms with E-state index in [4.69, 9.17) is 4.74 Å². The van der Waals surface area contributed by atoms with E-state index in [-0.39, 0.29) is 35.3 Å². The van der Waals surface area contributed by atoms with Crippen LogP contribution in [0.4, 0.5) is 4.39 Å². The van der Waals surface area contributed by atoms with Gasteiger partial charge in [0.2, 0.25) is 5.65 Å². The normalized spacial score (nSPS) is 16.8. The number of halogens is 1. The molecule has 1 saturated heterocycles. The van der Waals surface area contributed by atoms with Crippen LogP contribution in [0.5, 0.6) is 5.75 Å². The molecule has 8 nitrogen and oxygen atoms in total. The largest absolute Gasteiger partial charge is 0.497 e. The second-order valence-corrected chi connectivity index (χ2v) is 7.52. The van der Waals surface area contributed by atoms with Gasteiger partial charge in [-0.15, -0.1) is 0 Å². The van der Waals surface area contributed by atoms with Gasteiger partial charge in [0.25, 0.3) is 11.5 Å². The number of benzene rings is 1. The zero-order chi connectivity index (χ0) is 21.4. The average Bonchev–Trinajstić information content (AvgIpc) is 3.20. The number of carbonyl (C=O) groups is 1. The number of amides is 1. The van der Waals surface area contributed by atoms with Gasteiger partial charge in [0, 0.05) is 50.8 Å². The Morgan fingerprint density at radius 3 is 2.87 bits per heavy atom. The lowest BCUT2D eigenvalue weighted by Crippen LogP contribution is -2.41. The molecule has 3 aromatic rings. The number of likely N-dealkylation sites (tertiary alicyclic amines) is 1. The Hall–Kier alpha value is -3.20. The maximum atomic E-state index is 14.6. The van der Waals surface area contributed by atoms with Gasteiger partial charge in [0.05, 0.1) is 12.8 Å². The first-order valence-corrected chi connectivity index (χ1v) is 9.75. The molecular weight excluding hydrogens is 391 g/mol. The van der Waals surface area contributed by atoms with Crippen LogP contribution < -0.4 is 10.3 Å². The molecule has 1 atom stereocenters. The molecule has 1 amide bonds. The molecule has 158 valence electrons. The Morgan fingerprint density at radius 2 is 2.17 bits per heavy atom. The lowest BCUT2D eigenvalue weighted by molar-refractivity contribution is 0.0615. The lowest BCUT2D eigenvalue weighted by atomic mass is 9.99. The van der Waals surface area contributed by atoms with Crippen LogP contribution in [0, 0.1) is 11.7 Å². The molecule has 30 heavy (non-hydrogen) atoms. The fraction of sp³-hybridized carbons (Fsp3) is 0.381. The Kier molecular flexibility index (Phi) is 5.29. The highest BCUT2D eigenvalue weighted by Gasteiger charge is 2.26. The minimum atomic E-state index is -0.525. The summed E-state index contributed by atoms with van der Waals surface area (Å²) in [5, 5.41) is 9.40. The van der Waals surface area contributed by atoms with Crippen molar-refractivity contribution < 1.29 is 19.0 Å². The van der Waals surface area contributed by atoms with E-state index in [1.807, 2.05) is 0 Å². The van der Waals surface area contributed by atoms with Crippen LogP contribution in [-0.2, 0) is 7.05 Å². The molecule has 0 bridgehead atoms. The van der Waals surface area contributed by atoms with Crippen LogP contribution >= 0.6 is 0 Å². The molecule has 1 aliphatic heterocycles. The summed E-state index contributed by atoms with van der Waals surface area (Å²) in [6.45, 7) is 1.08. The van der Waals surface area contributed by atoms with Gasteiger partial charge in [0.1, 0.15) is 17.3 Å². The Morgan fingerprint density at radius 1 is 1.37 bits per heavy atom. The summed E-state index contributed by atoms with van der Waals surface area (Å²) in [4.78, 5) is 31.6. The SMILES string of the molecule is COc1ccc(-c2cn3cc(C(=O)N4CCCC(CO)C4)nc3c(=O)n2C)c(F)c1. The second-order valence-electron chi connectivity index (χ2n) is 7.52. The molecule has 0 aliphatic carbocycles. The number of piperidine rings is 1. The molecule has 4 rings (SSSR count). The van der Waals surface area contributed by atoms with Gasteiger partial charge in [-0.3, -0.25) is 14.0 Å². The summed E-state index contributed by atoms with van der Waals surface area (Å²) in [5.74, 6) is -0.377. The number of rotatable bonds is 4. The minimum Gasteiger partial charge on any atom is -0.497 e. The van der Waals surface area contributed by atoms with Crippen molar-refractivity contribution in [3.63, 3.8) is 0 Å². The molecule has 2 aromatic heterocycles. The first kappa shape index (κ1) is 20.1. The number of hydrogen-bond acceptors (Lipinski definition) is 5. The van der Waals surface area contributed by atoms with E-state index in [1.54, 1.807) is 23.2 Å². The highest BCUT2D eigenvalue weighted by Crippen LogP contribution is 2.26. The number of methoxy groups -OCH3 is 1. The summed E-state index contributed by atoms with van der Waals surface area (Å²) in [7, 11) is 2.99. The van der Waals surface area contributed by atoms with Crippen molar-refractivity contribution in [2.75, 3.05) is 26.8 Å². The first-order chi connectivity index (χ1) is 14.4. The molecule has 1 aliphatic rings. The van der Waals surface area contributed by atoms with Crippen molar-refractivity contribution in [1.82, 2.24) is 18.9 Å². The van der Waals surface area contributed by atoms with E-state index >= 15 is 0 Å². The predicted molar refractivity (Wildman–Crippen MR) is 108 cm³/mol. The second kappa shape index (κ2) is 7.91. The monoisotopic (exact) mass is 414 g/mol. The van der Waals surface area contributed by atoms with Crippen molar-refractivity contribution >= 4 is 11.6 Å². The fourth-order valence-electron chi connectivity index (χ4n) is 3.87. The number of fused-ring (bicyclic) bond motifs is 1. The third-order valence-electron chi connectivity index (χ3n) is 5.59. The number of imidazole rings is 1. The Labute approximate surface area is 172 Å². The van der Waals surface area contributed by atoms with Crippen molar-refractivity contribution in [3.8, 4) is 17.0 Å². The third kappa shape index (κ3) is 3.45. The van der Waals surface area contributed by atoms with Gasteiger partial charge in [-0.2, -0.15) is 0 Å². The molecule has 0 spiro atoms. The number of aromatic nitrogens is 3. The summed E-state index contributed by atoms with van der Waals surface area (Å²) in [6, 6.07) is 4.41. The lowest BCUT2D eigenvalue weighted by Gasteiger charge is -2.31. The molecular formula is C21H23FN4O4. The van der Waals surface area contributed by atoms with Gasteiger partial charge >= 0.3 is 0 Å². The van der Waals surface area contributed by atoms with Crippen molar-refractivity contribution in [2.45, 2.75) is 12.8 Å². The van der Waals surface area contributed by atoms with Crippen LogP contribution in [-0.4, -0.2) is 56.7 Å². The molecule has 1 unspecified atom stereocenters. The van der Waals surface area contributed by atoms with Gasteiger partial charge in [0.15, 0.2) is 0 Å². The maximum Gasteiger partial charge on any atom is 0.294 e. The van der Waals surface area contributed by atoms with Crippen LogP contribution in [0.25, 0.3) is 16.9 Å². The minimum absolute atomic E-state index is 0.0340. The van der Waals surface area contributed by atoms with Gasteiger partial charge in [-0.1, -0.05) is 0 Å². The Balaban J connectivity index is 1.74. The molecule has 1 aromatic carbocycles. The van der Waals surface area contributed by atoms with Crippen LogP contribution in [0.15, 0.2) is 35.4 Å². The zero-order valence-electron chi connectivity index (χ0n) is 16.8. The van der Waals surface area contributed by atoms with Crippen molar-refractivity contribution in [2.24, 2.45) is 13.0 Å². The summed E-state index contributed by atoms with van der Waals surface area (Å²) in [6.07, 6.45) is 4.76. The molecule has 1 fully saturated rings. The van der Waals surface area contributed by atoms with Gasteiger partial charge in [-0.05, 0) is 30.9 Å². The van der Waals surface area contributed by atoms with Gasteiger partial charge in [-0.25, -0.2) is 9.37 Å². The highest BCUT2D eigenvalue weighted by molar-refractivity contribution is 5.93. The van der Waals surface area contributed by atoms with Crippen molar-refractivity contribution in [1.29, 1.82) is 0 Å². The van der Waals surface area contributed by atoms with Crippen LogP contribution in [0.3, 0.4) is 0 Å². The topological polar surface area (TPSA) is 89.1 Å². The number of aliphatic hydroxyl groups excluding tert-OH is 1. The number of hydrogen-bond donors (Lipinski definition) is 1. The van der Waals surface area contributed by atoms with E-state index in [0.717, 1.165) is 12.8 Å². The average molecular weight is 414 g/mol. The highest BCUT2D eigenvalue weighted by atomic mass is 19.1. The van der Waals surface area contributed by atoms with Gasteiger partial charge < -0.3 is 19.3 Å². The third-order valence-corrected chi connectivity index (χ3v) is 5.59. The molecule has 3 heterocycles. The number of ether oxygens (including phenoxy) is 1. The molecule has 9 heteroatoms.